The standard InChI is InChI=1S/C16H22BrNO/c1-11-8-18(9-12(2)19-11)10-14-7-16(14)13-3-5-15(17)6-4-13/h3-6,11-12,14,16H,7-10H2,1-2H3/t11-,12-,14+,16+/m1/s1. The van der Waals surface area contributed by atoms with Gasteiger partial charge in [0.2, 0.25) is 0 Å². The van der Waals surface area contributed by atoms with Gasteiger partial charge in [-0.1, -0.05) is 28.1 Å². The molecule has 19 heavy (non-hydrogen) atoms. The van der Waals surface area contributed by atoms with Crippen molar-refractivity contribution in [3.63, 3.8) is 0 Å². The van der Waals surface area contributed by atoms with E-state index in [9.17, 15) is 0 Å². The maximum Gasteiger partial charge on any atom is 0.0678 e. The molecule has 0 unspecified atom stereocenters. The zero-order chi connectivity index (χ0) is 13.4. The Kier molecular flexibility index (Phi) is 3.97. The molecule has 1 saturated heterocycles. The molecule has 0 aromatic heterocycles. The lowest BCUT2D eigenvalue weighted by Crippen LogP contribution is -2.46. The average molecular weight is 324 g/mol. The Morgan fingerprint density at radius 2 is 1.79 bits per heavy atom. The molecular formula is C16H22BrNO. The van der Waals surface area contributed by atoms with E-state index in [2.05, 4.69) is 58.9 Å². The van der Waals surface area contributed by atoms with Gasteiger partial charge in [0.05, 0.1) is 12.2 Å². The van der Waals surface area contributed by atoms with Crippen LogP contribution < -0.4 is 0 Å². The van der Waals surface area contributed by atoms with Crippen LogP contribution in [0.2, 0.25) is 0 Å². The molecule has 2 fully saturated rings. The highest BCUT2D eigenvalue weighted by atomic mass is 79.9. The molecule has 2 nitrogen and oxygen atoms in total. The molecule has 1 heterocycles. The monoisotopic (exact) mass is 323 g/mol. The average Bonchev–Trinajstić information content (AvgIpc) is 3.08. The van der Waals surface area contributed by atoms with Crippen LogP contribution in [-0.4, -0.2) is 36.7 Å². The quantitative estimate of drug-likeness (QED) is 0.841. The molecule has 3 heteroatoms. The summed E-state index contributed by atoms with van der Waals surface area (Å²) < 4.78 is 6.97. The van der Waals surface area contributed by atoms with Crippen LogP contribution in [0.3, 0.4) is 0 Å². The van der Waals surface area contributed by atoms with Crippen molar-refractivity contribution in [1.29, 1.82) is 0 Å². The molecular weight excluding hydrogens is 302 g/mol. The summed E-state index contributed by atoms with van der Waals surface area (Å²) in [6.07, 6.45) is 2.11. The van der Waals surface area contributed by atoms with Gasteiger partial charge in [-0.3, -0.25) is 4.90 Å². The molecule has 4 atom stereocenters. The minimum Gasteiger partial charge on any atom is -0.373 e. The third-order valence-electron chi connectivity index (χ3n) is 4.21. The van der Waals surface area contributed by atoms with Crippen LogP contribution in [0.25, 0.3) is 0 Å². The Morgan fingerprint density at radius 3 is 2.42 bits per heavy atom. The normalized spacial score (nSPS) is 35.3. The van der Waals surface area contributed by atoms with Crippen molar-refractivity contribution in [2.24, 2.45) is 5.92 Å². The number of hydrogen-bond donors (Lipinski definition) is 0. The van der Waals surface area contributed by atoms with Crippen molar-refractivity contribution >= 4 is 15.9 Å². The second-order valence-corrected chi connectivity index (χ2v) is 7.05. The molecule has 104 valence electrons. The highest BCUT2D eigenvalue weighted by Crippen LogP contribution is 2.48. The van der Waals surface area contributed by atoms with Crippen molar-refractivity contribution in [2.75, 3.05) is 19.6 Å². The molecule has 0 spiro atoms. The summed E-state index contributed by atoms with van der Waals surface area (Å²) in [7, 11) is 0. The van der Waals surface area contributed by atoms with Gasteiger partial charge in [-0.25, -0.2) is 0 Å². The number of benzene rings is 1. The van der Waals surface area contributed by atoms with Gasteiger partial charge in [0.15, 0.2) is 0 Å². The highest BCUT2D eigenvalue weighted by molar-refractivity contribution is 9.10. The number of rotatable bonds is 3. The van der Waals surface area contributed by atoms with Gasteiger partial charge in [-0.15, -0.1) is 0 Å². The van der Waals surface area contributed by atoms with Crippen LogP contribution in [0.1, 0.15) is 31.7 Å². The number of morpholine rings is 1. The van der Waals surface area contributed by atoms with Gasteiger partial charge in [0, 0.05) is 24.1 Å². The van der Waals surface area contributed by atoms with Crippen LogP contribution >= 0.6 is 15.9 Å². The Labute approximate surface area is 124 Å². The Morgan fingerprint density at radius 1 is 1.16 bits per heavy atom. The van der Waals surface area contributed by atoms with Crippen molar-refractivity contribution in [2.45, 2.75) is 38.4 Å². The summed E-state index contributed by atoms with van der Waals surface area (Å²) >= 11 is 3.50. The Hall–Kier alpha value is -0.380. The molecule has 0 N–H and O–H groups in total. The van der Waals surface area contributed by atoms with Gasteiger partial charge in [0.1, 0.15) is 0 Å². The van der Waals surface area contributed by atoms with Crippen LogP contribution in [0.5, 0.6) is 0 Å². The summed E-state index contributed by atoms with van der Waals surface area (Å²) in [5.74, 6) is 1.63. The fourth-order valence-electron chi connectivity index (χ4n) is 3.33. The minimum absolute atomic E-state index is 0.383. The first-order chi connectivity index (χ1) is 9.11. The number of hydrogen-bond acceptors (Lipinski definition) is 2. The summed E-state index contributed by atoms with van der Waals surface area (Å²) in [5.41, 5.74) is 1.50. The van der Waals surface area contributed by atoms with Crippen molar-refractivity contribution in [1.82, 2.24) is 4.90 Å². The minimum atomic E-state index is 0.383. The van der Waals surface area contributed by atoms with Gasteiger partial charge in [0.25, 0.3) is 0 Å². The second kappa shape index (κ2) is 5.55. The SMILES string of the molecule is C[C@@H]1CN(C[C@@H]2C[C@H]2c2ccc(Br)cc2)C[C@@H](C)O1. The van der Waals surface area contributed by atoms with Gasteiger partial charge in [-0.05, 0) is 49.8 Å². The zero-order valence-corrected chi connectivity index (χ0v) is 13.3. The molecule has 0 bridgehead atoms. The Balaban J connectivity index is 1.54. The molecule has 1 aliphatic carbocycles. The lowest BCUT2D eigenvalue weighted by atomic mass is 10.1. The van der Waals surface area contributed by atoms with E-state index in [0.717, 1.165) is 24.9 Å². The molecule has 2 aliphatic rings. The first kappa shape index (κ1) is 13.6. The first-order valence-corrected chi connectivity index (χ1v) is 8.04. The third-order valence-corrected chi connectivity index (χ3v) is 4.74. The lowest BCUT2D eigenvalue weighted by molar-refractivity contribution is -0.0690. The van der Waals surface area contributed by atoms with E-state index in [1.165, 1.54) is 23.0 Å². The molecule has 0 radical (unpaired) electrons. The Bertz CT molecular complexity index is 423. The van der Waals surface area contributed by atoms with Crippen LogP contribution in [0, 0.1) is 5.92 Å². The molecule has 1 aromatic carbocycles. The number of halogens is 1. The van der Waals surface area contributed by atoms with Gasteiger partial charge >= 0.3 is 0 Å². The molecule has 1 saturated carbocycles. The largest absolute Gasteiger partial charge is 0.373 e. The van der Waals surface area contributed by atoms with Crippen molar-refractivity contribution < 1.29 is 4.74 Å². The molecule has 3 rings (SSSR count). The maximum absolute atomic E-state index is 5.80. The van der Waals surface area contributed by atoms with E-state index in [1.54, 1.807) is 0 Å². The van der Waals surface area contributed by atoms with E-state index in [-0.39, 0.29) is 0 Å². The summed E-state index contributed by atoms with van der Waals surface area (Å²) in [6, 6.07) is 8.84. The summed E-state index contributed by atoms with van der Waals surface area (Å²) in [5, 5.41) is 0. The smallest absolute Gasteiger partial charge is 0.0678 e. The predicted molar refractivity (Wildman–Crippen MR) is 81.4 cm³/mol. The van der Waals surface area contributed by atoms with Crippen LogP contribution in [0.4, 0.5) is 0 Å². The van der Waals surface area contributed by atoms with E-state index >= 15 is 0 Å². The lowest BCUT2D eigenvalue weighted by Gasteiger charge is -2.35. The third kappa shape index (κ3) is 3.39. The zero-order valence-electron chi connectivity index (χ0n) is 11.7. The fraction of sp³-hybridized carbons (Fsp3) is 0.625. The highest BCUT2D eigenvalue weighted by Gasteiger charge is 2.40. The van der Waals surface area contributed by atoms with Crippen LogP contribution in [-0.2, 0) is 4.74 Å². The van der Waals surface area contributed by atoms with E-state index < -0.39 is 0 Å². The predicted octanol–water partition coefficient (Wildman–Crippen LogP) is 3.66. The fourth-order valence-corrected chi connectivity index (χ4v) is 3.60. The van der Waals surface area contributed by atoms with Crippen LogP contribution in [0.15, 0.2) is 28.7 Å². The van der Waals surface area contributed by atoms with E-state index in [0.29, 0.717) is 12.2 Å². The van der Waals surface area contributed by atoms with Crippen molar-refractivity contribution in [3.05, 3.63) is 34.3 Å². The van der Waals surface area contributed by atoms with E-state index in [1.807, 2.05) is 0 Å². The molecule has 1 aliphatic heterocycles. The maximum atomic E-state index is 5.80. The van der Waals surface area contributed by atoms with E-state index in [4.69, 9.17) is 4.74 Å². The van der Waals surface area contributed by atoms with Gasteiger partial charge < -0.3 is 4.74 Å². The number of ether oxygens (including phenoxy) is 1. The second-order valence-electron chi connectivity index (χ2n) is 6.13. The number of nitrogens with zero attached hydrogens (tertiary/aromatic N) is 1. The van der Waals surface area contributed by atoms with Crippen molar-refractivity contribution in [3.8, 4) is 0 Å². The molecule has 1 aromatic rings. The van der Waals surface area contributed by atoms with Gasteiger partial charge in [-0.2, -0.15) is 0 Å². The summed E-state index contributed by atoms with van der Waals surface area (Å²) in [4.78, 5) is 2.59. The topological polar surface area (TPSA) is 12.5 Å². The first-order valence-electron chi connectivity index (χ1n) is 7.25. The molecule has 0 amide bonds. The summed E-state index contributed by atoms with van der Waals surface area (Å²) in [6.45, 7) is 7.78.